The molecule has 0 spiro atoms. The lowest BCUT2D eigenvalue weighted by Crippen LogP contribution is -2.28. The van der Waals surface area contributed by atoms with Gasteiger partial charge in [0.05, 0.1) is 12.9 Å². The van der Waals surface area contributed by atoms with Crippen molar-refractivity contribution in [1.29, 1.82) is 0 Å². The quantitative estimate of drug-likeness (QED) is 0.665. The summed E-state index contributed by atoms with van der Waals surface area (Å²) in [7, 11) is 0. The highest BCUT2D eigenvalue weighted by Gasteiger charge is 2.04. The number of H-pyrrole nitrogens is 1. The molecule has 0 fully saturated rings. The fraction of sp³-hybridized carbons (Fsp3) is 0.500. The van der Waals surface area contributed by atoms with Crippen LogP contribution in [0.5, 0.6) is 0 Å². The van der Waals surface area contributed by atoms with Crippen molar-refractivity contribution in [3.05, 3.63) is 22.7 Å². The fourth-order valence-corrected chi connectivity index (χ4v) is 1.09. The van der Waals surface area contributed by atoms with E-state index in [0.717, 1.165) is 6.54 Å². The van der Waals surface area contributed by atoms with Crippen LogP contribution in [0.3, 0.4) is 0 Å². The molecule has 5 heteroatoms. The number of hydrogen-bond acceptors (Lipinski definition) is 4. The van der Waals surface area contributed by atoms with Crippen LogP contribution >= 0.6 is 0 Å². The molecule has 72 valence electrons. The number of aromatic nitrogens is 2. The second-order valence-corrected chi connectivity index (χ2v) is 2.57. The molecule has 13 heavy (non-hydrogen) atoms. The second kappa shape index (κ2) is 4.61. The number of rotatable bonds is 4. The van der Waals surface area contributed by atoms with Gasteiger partial charge in [0.1, 0.15) is 5.82 Å². The van der Waals surface area contributed by atoms with Gasteiger partial charge in [-0.05, 0) is 6.92 Å². The van der Waals surface area contributed by atoms with Crippen molar-refractivity contribution in [2.75, 3.05) is 24.6 Å². The predicted molar refractivity (Wildman–Crippen MR) is 49.8 cm³/mol. The molecule has 0 radical (unpaired) electrons. The Hall–Kier alpha value is -1.36. The Morgan fingerprint density at radius 2 is 2.46 bits per heavy atom. The fourth-order valence-electron chi connectivity index (χ4n) is 1.09. The monoisotopic (exact) mass is 183 g/mol. The molecule has 0 aliphatic carbocycles. The third-order valence-corrected chi connectivity index (χ3v) is 1.74. The SMILES string of the molecule is CCN(CCO)c1cc(=O)[nH]cn1. The minimum absolute atomic E-state index is 0.0579. The molecular weight excluding hydrogens is 170 g/mol. The highest BCUT2D eigenvalue weighted by atomic mass is 16.3. The zero-order valence-electron chi connectivity index (χ0n) is 7.53. The van der Waals surface area contributed by atoms with E-state index in [1.165, 1.54) is 12.4 Å². The molecule has 5 nitrogen and oxygen atoms in total. The molecule has 1 rings (SSSR count). The number of likely N-dealkylation sites (N-methyl/N-ethyl adjacent to an activating group) is 1. The van der Waals surface area contributed by atoms with Crippen LogP contribution in [0, 0.1) is 0 Å². The Balaban J connectivity index is 2.84. The maximum atomic E-state index is 10.9. The molecule has 0 aromatic carbocycles. The predicted octanol–water partition coefficient (Wildman–Crippen LogP) is -0.412. The smallest absolute Gasteiger partial charge is 0.252 e. The van der Waals surface area contributed by atoms with Gasteiger partial charge < -0.3 is 15.0 Å². The average Bonchev–Trinajstić information content (AvgIpc) is 2.14. The van der Waals surface area contributed by atoms with E-state index in [1.807, 2.05) is 11.8 Å². The number of aliphatic hydroxyl groups is 1. The van der Waals surface area contributed by atoms with Crippen LogP contribution in [-0.2, 0) is 0 Å². The molecule has 0 bridgehead atoms. The lowest BCUT2D eigenvalue weighted by molar-refractivity contribution is 0.302. The number of anilines is 1. The summed E-state index contributed by atoms with van der Waals surface area (Å²) in [5.74, 6) is 0.598. The molecule has 0 aliphatic rings. The van der Waals surface area contributed by atoms with Crippen LogP contribution in [0.2, 0.25) is 0 Å². The molecule has 0 atom stereocenters. The van der Waals surface area contributed by atoms with Crippen molar-refractivity contribution in [1.82, 2.24) is 9.97 Å². The van der Waals surface area contributed by atoms with Gasteiger partial charge >= 0.3 is 0 Å². The lowest BCUT2D eigenvalue weighted by atomic mass is 10.4. The maximum Gasteiger partial charge on any atom is 0.252 e. The Kier molecular flexibility index (Phi) is 3.45. The summed E-state index contributed by atoms with van der Waals surface area (Å²) in [5, 5.41) is 8.74. The maximum absolute atomic E-state index is 10.9. The van der Waals surface area contributed by atoms with E-state index in [4.69, 9.17) is 5.11 Å². The van der Waals surface area contributed by atoms with Crippen LogP contribution in [0.4, 0.5) is 5.82 Å². The second-order valence-electron chi connectivity index (χ2n) is 2.57. The van der Waals surface area contributed by atoms with Crippen molar-refractivity contribution in [2.24, 2.45) is 0 Å². The van der Waals surface area contributed by atoms with E-state index in [-0.39, 0.29) is 12.2 Å². The van der Waals surface area contributed by atoms with E-state index < -0.39 is 0 Å². The van der Waals surface area contributed by atoms with Crippen molar-refractivity contribution in [3.8, 4) is 0 Å². The van der Waals surface area contributed by atoms with Crippen LogP contribution in [0.25, 0.3) is 0 Å². The lowest BCUT2D eigenvalue weighted by Gasteiger charge is -2.19. The van der Waals surface area contributed by atoms with Gasteiger partial charge in [0, 0.05) is 19.2 Å². The van der Waals surface area contributed by atoms with Crippen LogP contribution < -0.4 is 10.5 Å². The first-order chi connectivity index (χ1) is 6.27. The first kappa shape index (κ1) is 9.73. The summed E-state index contributed by atoms with van der Waals surface area (Å²) in [5.41, 5.74) is -0.179. The molecule has 1 aromatic heterocycles. The molecule has 0 unspecified atom stereocenters. The van der Waals surface area contributed by atoms with E-state index in [2.05, 4.69) is 9.97 Å². The van der Waals surface area contributed by atoms with Gasteiger partial charge in [-0.15, -0.1) is 0 Å². The van der Waals surface area contributed by atoms with Crippen molar-refractivity contribution in [2.45, 2.75) is 6.92 Å². The average molecular weight is 183 g/mol. The number of aliphatic hydroxyl groups excluding tert-OH is 1. The van der Waals surface area contributed by atoms with Crippen LogP contribution in [0.15, 0.2) is 17.2 Å². The van der Waals surface area contributed by atoms with E-state index >= 15 is 0 Å². The van der Waals surface area contributed by atoms with Crippen molar-refractivity contribution in [3.63, 3.8) is 0 Å². The molecule has 1 aromatic rings. The Morgan fingerprint density at radius 3 is 3.00 bits per heavy atom. The van der Waals surface area contributed by atoms with Crippen molar-refractivity contribution < 1.29 is 5.11 Å². The summed E-state index contributed by atoms with van der Waals surface area (Å²) < 4.78 is 0. The van der Waals surface area contributed by atoms with Gasteiger partial charge in [-0.1, -0.05) is 0 Å². The topological polar surface area (TPSA) is 69.2 Å². The van der Waals surface area contributed by atoms with Crippen molar-refractivity contribution >= 4 is 5.82 Å². The molecule has 0 saturated heterocycles. The minimum Gasteiger partial charge on any atom is -0.395 e. The number of hydrogen-bond donors (Lipinski definition) is 2. The molecule has 0 saturated carbocycles. The highest BCUT2D eigenvalue weighted by molar-refractivity contribution is 5.35. The van der Waals surface area contributed by atoms with E-state index in [0.29, 0.717) is 12.4 Å². The van der Waals surface area contributed by atoms with Gasteiger partial charge in [-0.2, -0.15) is 0 Å². The van der Waals surface area contributed by atoms with Gasteiger partial charge in [-0.25, -0.2) is 4.98 Å². The Morgan fingerprint density at radius 1 is 1.69 bits per heavy atom. The zero-order chi connectivity index (χ0) is 9.68. The first-order valence-electron chi connectivity index (χ1n) is 4.18. The van der Waals surface area contributed by atoms with Crippen LogP contribution in [-0.4, -0.2) is 34.8 Å². The van der Waals surface area contributed by atoms with Gasteiger partial charge in [-0.3, -0.25) is 4.79 Å². The highest BCUT2D eigenvalue weighted by Crippen LogP contribution is 2.04. The molecule has 1 heterocycles. The molecule has 2 N–H and O–H groups in total. The molecule has 0 aliphatic heterocycles. The Bertz CT molecular complexity index is 310. The summed E-state index contributed by atoms with van der Waals surface area (Å²) in [6, 6.07) is 1.42. The van der Waals surface area contributed by atoms with Gasteiger partial charge in [0.2, 0.25) is 0 Å². The summed E-state index contributed by atoms with van der Waals surface area (Å²) in [6.45, 7) is 3.21. The minimum atomic E-state index is -0.179. The molecule has 0 amide bonds. The summed E-state index contributed by atoms with van der Waals surface area (Å²) >= 11 is 0. The number of nitrogens with one attached hydrogen (secondary N) is 1. The summed E-state index contributed by atoms with van der Waals surface area (Å²) in [6.07, 6.45) is 1.36. The molecular formula is C8H13N3O2. The van der Waals surface area contributed by atoms with E-state index in [9.17, 15) is 4.79 Å². The third-order valence-electron chi connectivity index (χ3n) is 1.74. The number of aromatic amines is 1. The number of nitrogens with zero attached hydrogens (tertiary/aromatic N) is 2. The summed E-state index contributed by atoms with van der Waals surface area (Å²) in [4.78, 5) is 19.2. The Labute approximate surface area is 76.0 Å². The largest absolute Gasteiger partial charge is 0.395 e. The standard InChI is InChI=1S/C8H13N3O2/c1-2-11(3-4-12)7-5-8(13)10-6-9-7/h5-6,12H,2-4H2,1H3,(H,9,10,13). The normalized spacial score (nSPS) is 10.0. The third kappa shape index (κ3) is 2.55. The van der Waals surface area contributed by atoms with E-state index in [1.54, 1.807) is 0 Å². The first-order valence-corrected chi connectivity index (χ1v) is 4.18. The van der Waals surface area contributed by atoms with Gasteiger partial charge in [0.25, 0.3) is 5.56 Å². The zero-order valence-corrected chi connectivity index (χ0v) is 7.53. The van der Waals surface area contributed by atoms with Crippen LogP contribution in [0.1, 0.15) is 6.92 Å². The van der Waals surface area contributed by atoms with Gasteiger partial charge in [0.15, 0.2) is 0 Å².